The van der Waals surface area contributed by atoms with Crippen molar-refractivity contribution >= 4 is 0 Å². The van der Waals surface area contributed by atoms with Crippen LogP contribution in [0.25, 0.3) is 11.3 Å². The first-order chi connectivity index (χ1) is 7.95. The summed E-state index contributed by atoms with van der Waals surface area (Å²) in [5.41, 5.74) is 3.74. The first-order valence-electron chi connectivity index (χ1n) is 5.74. The summed E-state index contributed by atoms with van der Waals surface area (Å²) in [5.74, 6) is 0.606. The quantitative estimate of drug-likeness (QED) is 0.802. The van der Waals surface area contributed by atoms with E-state index in [1.165, 1.54) is 23.2 Å². The molecule has 2 heterocycles. The predicted molar refractivity (Wildman–Crippen MR) is 64.3 cm³/mol. The maximum Gasteiger partial charge on any atom is 0.0685 e. The molecular weight excluding hydrogens is 198 g/mol. The zero-order chi connectivity index (χ0) is 10.8. The molecule has 1 aromatic heterocycles. The number of benzene rings is 1. The predicted octanol–water partition coefficient (Wildman–Crippen LogP) is 2.15. The number of hydrogen-bond acceptors (Lipinski definition) is 2. The van der Waals surface area contributed by atoms with Gasteiger partial charge in [0.2, 0.25) is 0 Å². The van der Waals surface area contributed by atoms with Crippen molar-refractivity contribution in [2.75, 3.05) is 13.1 Å². The van der Waals surface area contributed by atoms with Gasteiger partial charge in [0.1, 0.15) is 0 Å². The van der Waals surface area contributed by atoms with Crippen LogP contribution in [0.3, 0.4) is 0 Å². The van der Waals surface area contributed by atoms with E-state index in [4.69, 9.17) is 0 Å². The Hall–Kier alpha value is -1.61. The highest BCUT2D eigenvalue weighted by atomic mass is 15.1. The van der Waals surface area contributed by atoms with Crippen molar-refractivity contribution in [1.82, 2.24) is 15.5 Å². The highest BCUT2D eigenvalue weighted by molar-refractivity contribution is 5.63. The lowest BCUT2D eigenvalue weighted by molar-refractivity contribution is 0.766. The Kier molecular flexibility index (Phi) is 2.46. The summed E-state index contributed by atoms with van der Waals surface area (Å²) in [4.78, 5) is 0. The molecule has 3 heteroatoms. The van der Waals surface area contributed by atoms with E-state index in [1.807, 2.05) is 12.3 Å². The molecule has 0 bridgehead atoms. The van der Waals surface area contributed by atoms with Crippen LogP contribution in [0, 0.1) is 0 Å². The van der Waals surface area contributed by atoms with Crippen molar-refractivity contribution in [3.63, 3.8) is 0 Å². The average molecular weight is 213 g/mol. The number of H-pyrrole nitrogens is 1. The molecule has 0 radical (unpaired) electrons. The minimum absolute atomic E-state index is 0.606. The minimum Gasteiger partial charge on any atom is -0.316 e. The monoisotopic (exact) mass is 213 g/mol. The van der Waals surface area contributed by atoms with Crippen LogP contribution >= 0.6 is 0 Å². The second kappa shape index (κ2) is 4.10. The second-order valence-corrected chi connectivity index (χ2v) is 4.26. The molecule has 3 nitrogen and oxygen atoms in total. The normalized spacial score (nSPS) is 20.1. The molecule has 2 aromatic rings. The Morgan fingerprint density at radius 3 is 2.81 bits per heavy atom. The Balaban J connectivity index is 1.99. The van der Waals surface area contributed by atoms with Crippen molar-refractivity contribution in [3.8, 4) is 11.3 Å². The van der Waals surface area contributed by atoms with Crippen LogP contribution in [0.1, 0.15) is 17.9 Å². The molecular formula is C13H15N3. The van der Waals surface area contributed by atoms with E-state index in [2.05, 4.69) is 39.8 Å². The van der Waals surface area contributed by atoms with Gasteiger partial charge in [0.05, 0.1) is 11.9 Å². The van der Waals surface area contributed by atoms with Crippen LogP contribution < -0.4 is 5.32 Å². The van der Waals surface area contributed by atoms with Gasteiger partial charge in [-0.15, -0.1) is 0 Å². The third-order valence-corrected chi connectivity index (χ3v) is 3.23. The third kappa shape index (κ3) is 1.63. The zero-order valence-corrected chi connectivity index (χ0v) is 9.11. The fraction of sp³-hybridized carbons (Fsp3) is 0.308. The Labute approximate surface area is 94.9 Å². The summed E-state index contributed by atoms with van der Waals surface area (Å²) >= 11 is 0. The first-order valence-corrected chi connectivity index (χ1v) is 5.74. The molecule has 2 N–H and O–H groups in total. The summed E-state index contributed by atoms with van der Waals surface area (Å²) in [7, 11) is 0. The smallest absolute Gasteiger partial charge is 0.0685 e. The number of aromatic amines is 1. The molecule has 1 aromatic carbocycles. The highest BCUT2D eigenvalue weighted by Crippen LogP contribution is 2.30. The maximum atomic E-state index is 4.19. The standard InChI is InChI=1S/C13H15N3/c1-2-4-10(5-3-1)13-12(9-15-16-13)11-6-7-14-8-11/h1-5,9,11,14H,6-8H2,(H,15,16). The van der Waals surface area contributed by atoms with Gasteiger partial charge in [0.15, 0.2) is 0 Å². The molecule has 1 unspecified atom stereocenters. The average Bonchev–Trinajstić information content (AvgIpc) is 3.01. The first kappa shape index (κ1) is 9.60. The van der Waals surface area contributed by atoms with Crippen LogP contribution in [0.2, 0.25) is 0 Å². The number of nitrogens with one attached hydrogen (secondary N) is 2. The van der Waals surface area contributed by atoms with Gasteiger partial charge in [0, 0.05) is 18.0 Å². The molecule has 1 aliphatic rings. The van der Waals surface area contributed by atoms with Gasteiger partial charge in [-0.05, 0) is 18.5 Å². The van der Waals surface area contributed by atoms with Crippen LogP contribution in [-0.4, -0.2) is 23.3 Å². The molecule has 0 amide bonds. The van der Waals surface area contributed by atoms with E-state index in [1.54, 1.807) is 0 Å². The fourth-order valence-electron chi connectivity index (χ4n) is 2.36. The lowest BCUT2D eigenvalue weighted by Crippen LogP contribution is -2.08. The maximum absolute atomic E-state index is 4.19. The fourth-order valence-corrected chi connectivity index (χ4v) is 2.36. The minimum atomic E-state index is 0.606. The molecule has 16 heavy (non-hydrogen) atoms. The Bertz CT molecular complexity index is 455. The number of nitrogens with zero attached hydrogens (tertiary/aromatic N) is 1. The summed E-state index contributed by atoms with van der Waals surface area (Å²) in [5, 5.41) is 10.7. The highest BCUT2D eigenvalue weighted by Gasteiger charge is 2.21. The van der Waals surface area contributed by atoms with Crippen molar-refractivity contribution in [1.29, 1.82) is 0 Å². The molecule has 1 atom stereocenters. The number of hydrogen-bond donors (Lipinski definition) is 2. The summed E-state index contributed by atoms with van der Waals surface area (Å²) in [6.45, 7) is 2.18. The van der Waals surface area contributed by atoms with Gasteiger partial charge in [-0.2, -0.15) is 5.10 Å². The van der Waals surface area contributed by atoms with Crippen molar-refractivity contribution in [2.24, 2.45) is 0 Å². The summed E-state index contributed by atoms with van der Waals surface area (Å²) in [6.07, 6.45) is 3.18. The van der Waals surface area contributed by atoms with Crippen LogP contribution in [0.4, 0.5) is 0 Å². The number of aromatic nitrogens is 2. The van der Waals surface area contributed by atoms with Crippen LogP contribution in [-0.2, 0) is 0 Å². The number of rotatable bonds is 2. The van der Waals surface area contributed by atoms with Gasteiger partial charge in [-0.25, -0.2) is 0 Å². The summed E-state index contributed by atoms with van der Waals surface area (Å²) in [6, 6.07) is 10.4. The second-order valence-electron chi connectivity index (χ2n) is 4.26. The van der Waals surface area contributed by atoms with E-state index in [9.17, 15) is 0 Å². The van der Waals surface area contributed by atoms with E-state index in [0.29, 0.717) is 5.92 Å². The van der Waals surface area contributed by atoms with E-state index in [-0.39, 0.29) is 0 Å². The van der Waals surface area contributed by atoms with Crippen molar-refractivity contribution in [2.45, 2.75) is 12.3 Å². The van der Waals surface area contributed by atoms with Crippen LogP contribution in [0.15, 0.2) is 36.5 Å². The zero-order valence-electron chi connectivity index (χ0n) is 9.11. The molecule has 0 saturated carbocycles. The Morgan fingerprint density at radius 2 is 2.06 bits per heavy atom. The summed E-state index contributed by atoms with van der Waals surface area (Å²) < 4.78 is 0. The van der Waals surface area contributed by atoms with Gasteiger partial charge < -0.3 is 5.32 Å². The Morgan fingerprint density at radius 1 is 1.19 bits per heavy atom. The molecule has 1 saturated heterocycles. The lowest BCUT2D eigenvalue weighted by atomic mass is 9.96. The third-order valence-electron chi connectivity index (χ3n) is 3.23. The van der Waals surface area contributed by atoms with Gasteiger partial charge in [-0.3, -0.25) is 5.10 Å². The molecule has 3 rings (SSSR count). The largest absolute Gasteiger partial charge is 0.316 e. The molecule has 1 aliphatic heterocycles. The van der Waals surface area contributed by atoms with Gasteiger partial charge in [-0.1, -0.05) is 30.3 Å². The molecule has 0 spiro atoms. The van der Waals surface area contributed by atoms with E-state index in [0.717, 1.165) is 13.1 Å². The lowest BCUT2D eigenvalue weighted by Gasteiger charge is -2.08. The molecule has 0 aliphatic carbocycles. The van der Waals surface area contributed by atoms with Gasteiger partial charge in [0.25, 0.3) is 0 Å². The van der Waals surface area contributed by atoms with E-state index >= 15 is 0 Å². The topological polar surface area (TPSA) is 40.7 Å². The molecule has 1 fully saturated rings. The van der Waals surface area contributed by atoms with Crippen molar-refractivity contribution < 1.29 is 0 Å². The molecule has 82 valence electrons. The SMILES string of the molecule is c1ccc(-c2[nH]ncc2C2CCNC2)cc1. The van der Waals surface area contributed by atoms with E-state index < -0.39 is 0 Å². The van der Waals surface area contributed by atoms with Crippen molar-refractivity contribution in [3.05, 3.63) is 42.1 Å². The van der Waals surface area contributed by atoms with Crippen LogP contribution in [0.5, 0.6) is 0 Å². The van der Waals surface area contributed by atoms with Gasteiger partial charge >= 0.3 is 0 Å².